The van der Waals surface area contributed by atoms with Crippen molar-refractivity contribution in [2.45, 2.75) is 6.92 Å². The van der Waals surface area contributed by atoms with Gasteiger partial charge in [0.05, 0.1) is 4.47 Å². The van der Waals surface area contributed by atoms with Crippen LogP contribution in [-0.2, 0) is 4.79 Å². The van der Waals surface area contributed by atoms with Gasteiger partial charge in [-0.05, 0) is 34.0 Å². The fraction of sp³-hybridized carbons (Fsp3) is 0.417. The predicted molar refractivity (Wildman–Crippen MR) is 68.9 cm³/mol. The topological polar surface area (TPSA) is 58.6 Å². The Morgan fingerprint density at radius 3 is 2.88 bits per heavy atom. The van der Waals surface area contributed by atoms with E-state index in [0.29, 0.717) is 12.3 Å². The Bertz CT molecular complexity index is 371. The lowest BCUT2D eigenvalue weighted by molar-refractivity contribution is -0.123. The first-order valence-corrected chi connectivity index (χ1v) is 6.17. The first kappa shape index (κ1) is 14.0. The molecule has 1 aromatic carbocycles. The largest absolute Gasteiger partial charge is 0.483 e. The highest BCUT2D eigenvalue weighted by Gasteiger charge is 2.06. The molecule has 0 heterocycles. The monoisotopic (exact) mass is 301 g/mol. The molecule has 1 atom stereocenters. The van der Waals surface area contributed by atoms with E-state index in [-0.39, 0.29) is 25.0 Å². The van der Waals surface area contributed by atoms with Crippen LogP contribution in [0.3, 0.4) is 0 Å². The van der Waals surface area contributed by atoms with Crippen LogP contribution in [0.25, 0.3) is 0 Å². The van der Waals surface area contributed by atoms with Crippen molar-refractivity contribution in [3.63, 3.8) is 0 Å². The smallest absolute Gasteiger partial charge is 0.257 e. The van der Waals surface area contributed by atoms with E-state index in [2.05, 4.69) is 21.2 Å². The molecule has 0 aliphatic heterocycles. The van der Waals surface area contributed by atoms with Gasteiger partial charge in [-0.15, -0.1) is 0 Å². The van der Waals surface area contributed by atoms with E-state index < -0.39 is 0 Å². The zero-order chi connectivity index (χ0) is 12.7. The fourth-order valence-electron chi connectivity index (χ4n) is 1.11. The van der Waals surface area contributed by atoms with Gasteiger partial charge < -0.3 is 15.2 Å². The first-order chi connectivity index (χ1) is 8.13. The van der Waals surface area contributed by atoms with Gasteiger partial charge in [0.15, 0.2) is 6.61 Å². The van der Waals surface area contributed by atoms with Crippen LogP contribution in [0.4, 0.5) is 0 Å². The van der Waals surface area contributed by atoms with Crippen molar-refractivity contribution in [2.75, 3.05) is 19.8 Å². The van der Waals surface area contributed by atoms with Gasteiger partial charge in [0, 0.05) is 13.2 Å². The lowest BCUT2D eigenvalue weighted by atomic mass is 10.2. The third-order valence-corrected chi connectivity index (χ3v) is 2.81. The number of benzene rings is 1. The summed E-state index contributed by atoms with van der Waals surface area (Å²) in [6.07, 6.45) is 0. The maximum Gasteiger partial charge on any atom is 0.257 e. The van der Waals surface area contributed by atoms with Crippen molar-refractivity contribution in [1.82, 2.24) is 5.32 Å². The number of aliphatic hydroxyl groups excluding tert-OH is 1. The number of rotatable bonds is 6. The van der Waals surface area contributed by atoms with Crippen molar-refractivity contribution in [2.24, 2.45) is 5.92 Å². The molecule has 94 valence electrons. The Morgan fingerprint density at radius 1 is 1.53 bits per heavy atom. The molecule has 0 unspecified atom stereocenters. The molecule has 1 rings (SSSR count). The van der Waals surface area contributed by atoms with Crippen molar-refractivity contribution in [1.29, 1.82) is 0 Å². The van der Waals surface area contributed by atoms with Gasteiger partial charge in [-0.3, -0.25) is 4.79 Å². The highest BCUT2D eigenvalue weighted by molar-refractivity contribution is 9.10. The molecule has 2 N–H and O–H groups in total. The number of halogens is 1. The van der Waals surface area contributed by atoms with E-state index in [1.807, 2.05) is 25.1 Å². The molecule has 0 fully saturated rings. The minimum absolute atomic E-state index is 0.0270. The molecule has 0 radical (unpaired) electrons. The van der Waals surface area contributed by atoms with Gasteiger partial charge in [-0.2, -0.15) is 0 Å². The molecule has 4 nitrogen and oxygen atoms in total. The van der Waals surface area contributed by atoms with E-state index in [1.54, 1.807) is 6.07 Å². The summed E-state index contributed by atoms with van der Waals surface area (Å²) in [5, 5.41) is 11.5. The molecule has 1 amide bonds. The molecule has 0 saturated carbocycles. The van der Waals surface area contributed by atoms with E-state index in [0.717, 1.165) is 4.47 Å². The number of nitrogens with one attached hydrogen (secondary N) is 1. The number of hydrogen-bond acceptors (Lipinski definition) is 3. The van der Waals surface area contributed by atoms with Crippen LogP contribution in [0, 0.1) is 5.92 Å². The second-order valence-electron chi connectivity index (χ2n) is 3.81. The number of amides is 1. The summed E-state index contributed by atoms with van der Waals surface area (Å²) in [4.78, 5) is 11.4. The van der Waals surface area contributed by atoms with Gasteiger partial charge >= 0.3 is 0 Å². The lowest BCUT2D eigenvalue weighted by Gasteiger charge is -2.11. The average Bonchev–Trinajstić information content (AvgIpc) is 2.35. The fourth-order valence-corrected chi connectivity index (χ4v) is 1.51. The number of hydrogen-bond donors (Lipinski definition) is 2. The SMILES string of the molecule is C[C@@H](CO)CNC(=O)COc1ccccc1Br. The van der Waals surface area contributed by atoms with E-state index >= 15 is 0 Å². The van der Waals surface area contributed by atoms with Crippen molar-refractivity contribution < 1.29 is 14.6 Å². The van der Waals surface area contributed by atoms with Gasteiger partial charge in [0.1, 0.15) is 5.75 Å². The molecular weight excluding hydrogens is 286 g/mol. The number of carbonyl (C=O) groups excluding carboxylic acids is 1. The molecule has 5 heteroatoms. The Morgan fingerprint density at radius 2 is 2.24 bits per heavy atom. The number of ether oxygens (including phenoxy) is 1. The number of carbonyl (C=O) groups is 1. The first-order valence-electron chi connectivity index (χ1n) is 5.38. The zero-order valence-corrected chi connectivity index (χ0v) is 11.2. The van der Waals surface area contributed by atoms with Gasteiger partial charge in [0.25, 0.3) is 5.91 Å². The molecule has 0 aliphatic rings. The normalized spacial score (nSPS) is 11.9. The van der Waals surface area contributed by atoms with Gasteiger partial charge in [-0.1, -0.05) is 19.1 Å². The highest BCUT2D eigenvalue weighted by Crippen LogP contribution is 2.23. The standard InChI is InChI=1S/C12H16BrNO3/c1-9(7-15)6-14-12(16)8-17-11-5-3-2-4-10(11)13/h2-5,9,15H,6-8H2,1H3,(H,14,16)/t9-/m1/s1. The van der Waals surface area contributed by atoms with E-state index in [9.17, 15) is 4.79 Å². The molecule has 0 saturated heterocycles. The van der Waals surface area contributed by atoms with Crippen LogP contribution >= 0.6 is 15.9 Å². The predicted octanol–water partition coefficient (Wildman–Crippen LogP) is 1.57. The highest BCUT2D eigenvalue weighted by atomic mass is 79.9. The summed E-state index contributed by atoms with van der Waals surface area (Å²) in [7, 11) is 0. The molecule has 0 bridgehead atoms. The number of para-hydroxylation sites is 1. The number of aliphatic hydroxyl groups is 1. The van der Waals surface area contributed by atoms with Crippen LogP contribution < -0.4 is 10.1 Å². The molecule has 0 aromatic heterocycles. The van der Waals surface area contributed by atoms with Crippen molar-refractivity contribution >= 4 is 21.8 Å². The zero-order valence-electron chi connectivity index (χ0n) is 9.65. The second-order valence-corrected chi connectivity index (χ2v) is 4.67. The van der Waals surface area contributed by atoms with Crippen molar-refractivity contribution in [3.05, 3.63) is 28.7 Å². The molecule has 17 heavy (non-hydrogen) atoms. The third-order valence-electron chi connectivity index (χ3n) is 2.15. The molecule has 1 aromatic rings. The maximum absolute atomic E-state index is 11.4. The van der Waals surface area contributed by atoms with Gasteiger partial charge in [-0.25, -0.2) is 0 Å². The summed E-state index contributed by atoms with van der Waals surface area (Å²) in [5.41, 5.74) is 0. The van der Waals surface area contributed by atoms with Crippen LogP contribution in [0.1, 0.15) is 6.92 Å². The summed E-state index contributed by atoms with van der Waals surface area (Å²) in [6.45, 7) is 2.34. The van der Waals surface area contributed by atoms with Crippen LogP contribution in [0.15, 0.2) is 28.7 Å². The summed E-state index contributed by atoms with van der Waals surface area (Å²) in [5.74, 6) is 0.501. The summed E-state index contributed by atoms with van der Waals surface area (Å²) >= 11 is 3.33. The Balaban J connectivity index is 2.31. The molecule has 0 spiro atoms. The minimum Gasteiger partial charge on any atom is -0.483 e. The minimum atomic E-state index is -0.193. The Kier molecular flexibility index (Phi) is 6.00. The Hall–Kier alpha value is -1.07. The quantitative estimate of drug-likeness (QED) is 0.838. The lowest BCUT2D eigenvalue weighted by Crippen LogP contribution is -2.33. The third kappa shape index (κ3) is 5.19. The second kappa shape index (κ2) is 7.29. The average molecular weight is 302 g/mol. The van der Waals surface area contributed by atoms with Crippen molar-refractivity contribution in [3.8, 4) is 5.75 Å². The summed E-state index contributed by atoms with van der Waals surface area (Å²) < 4.78 is 6.16. The Labute approximate surface area is 109 Å². The van der Waals surface area contributed by atoms with Crippen LogP contribution in [0.5, 0.6) is 5.75 Å². The van der Waals surface area contributed by atoms with Crippen LogP contribution in [-0.4, -0.2) is 30.8 Å². The van der Waals surface area contributed by atoms with E-state index in [1.165, 1.54) is 0 Å². The summed E-state index contributed by atoms with van der Waals surface area (Å²) in [6, 6.07) is 7.35. The van der Waals surface area contributed by atoms with Gasteiger partial charge in [0.2, 0.25) is 0 Å². The molecular formula is C12H16BrNO3. The molecule has 0 aliphatic carbocycles. The maximum atomic E-state index is 11.4. The van der Waals surface area contributed by atoms with E-state index in [4.69, 9.17) is 9.84 Å². The van der Waals surface area contributed by atoms with Crippen LogP contribution in [0.2, 0.25) is 0 Å².